The summed E-state index contributed by atoms with van der Waals surface area (Å²) in [6.07, 6.45) is 5.57. The number of halogens is 1. The molecule has 4 nitrogen and oxygen atoms in total. The van der Waals surface area contributed by atoms with Gasteiger partial charge in [-0.1, -0.05) is 13.8 Å². The van der Waals surface area contributed by atoms with Gasteiger partial charge in [0.05, 0.1) is 6.54 Å². The highest BCUT2D eigenvalue weighted by Crippen LogP contribution is 2.17. The second kappa shape index (κ2) is 9.61. The maximum absolute atomic E-state index is 4.76. The molecule has 0 aliphatic carbocycles. The van der Waals surface area contributed by atoms with Crippen LogP contribution < -0.4 is 5.32 Å². The van der Waals surface area contributed by atoms with E-state index in [9.17, 15) is 0 Å². The van der Waals surface area contributed by atoms with Crippen LogP contribution in [0.2, 0.25) is 0 Å². The van der Waals surface area contributed by atoms with E-state index in [1.165, 1.54) is 17.7 Å². The Labute approximate surface area is 149 Å². The first kappa shape index (κ1) is 18.7. The fourth-order valence-corrected chi connectivity index (χ4v) is 3.16. The third-order valence-corrected chi connectivity index (χ3v) is 4.86. The molecule has 0 aromatic carbocycles. The zero-order chi connectivity index (χ0) is 14.4. The van der Waals surface area contributed by atoms with Crippen molar-refractivity contribution in [2.24, 2.45) is 10.9 Å². The molecule has 0 unspecified atom stereocenters. The monoisotopic (exact) mass is 422 g/mol. The van der Waals surface area contributed by atoms with Crippen LogP contribution in [0.25, 0.3) is 0 Å². The van der Waals surface area contributed by atoms with Crippen LogP contribution >= 0.6 is 35.3 Å². The molecule has 0 spiro atoms. The molecule has 21 heavy (non-hydrogen) atoms. The molecule has 2 rings (SSSR count). The lowest BCUT2D eigenvalue weighted by Gasteiger charge is -2.32. The molecule has 1 saturated heterocycles. The summed E-state index contributed by atoms with van der Waals surface area (Å²) in [5.41, 5.74) is 0. The predicted molar refractivity (Wildman–Crippen MR) is 102 cm³/mol. The van der Waals surface area contributed by atoms with E-state index in [2.05, 4.69) is 36.0 Å². The van der Waals surface area contributed by atoms with Gasteiger partial charge in [0.15, 0.2) is 5.96 Å². The zero-order valence-electron chi connectivity index (χ0n) is 13.3. The summed E-state index contributed by atoms with van der Waals surface area (Å²) < 4.78 is 0. The van der Waals surface area contributed by atoms with E-state index in [0.29, 0.717) is 6.54 Å². The van der Waals surface area contributed by atoms with E-state index in [-0.39, 0.29) is 24.0 Å². The van der Waals surface area contributed by atoms with Crippen LogP contribution in [0.15, 0.2) is 11.2 Å². The van der Waals surface area contributed by atoms with E-state index in [0.717, 1.165) is 42.9 Å². The van der Waals surface area contributed by atoms with Crippen molar-refractivity contribution >= 4 is 41.3 Å². The largest absolute Gasteiger partial charge is 0.357 e. The van der Waals surface area contributed by atoms with Gasteiger partial charge in [-0.2, -0.15) is 0 Å². The van der Waals surface area contributed by atoms with E-state index < -0.39 is 0 Å². The maximum atomic E-state index is 4.76. The number of nitrogens with zero attached hydrogens (tertiary/aromatic N) is 3. The summed E-state index contributed by atoms with van der Waals surface area (Å²) in [6.45, 7) is 10.5. The Morgan fingerprint density at radius 3 is 2.71 bits per heavy atom. The Hall–Kier alpha value is -0.370. The lowest BCUT2D eigenvalue weighted by Crippen LogP contribution is -2.45. The van der Waals surface area contributed by atoms with Gasteiger partial charge < -0.3 is 10.2 Å². The number of likely N-dealkylation sites (tertiary alicyclic amines) is 1. The molecule has 0 saturated carbocycles. The Kier molecular flexibility index (Phi) is 8.55. The smallest absolute Gasteiger partial charge is 0.194 e. The van der Waals surface area contributed by atoms with E-state index in [1.807, 2.05) is 6.20 Å². The number of aromatic nitrogens is 1. The van der Waals surface area contributed by atoms with Crippen molar-refractivity contribution in [3.63, 3.8) is 0 Å². The molecular formula is C15H27IN4S. The number of aryl methyl sites for hydroxylation is 1. The second-order valence-corrected chi connectivity index (χ2v) is 6.61. The highest BCUT2D eigenvalue weighted by atomic mass is 127. The topological polar surface area (TPSA) is 40.5 Å². The molecule has 0 atom stereocenters. The summed E-state index contributed by atoms with van der Waals surface area (Å²) >= 11 is 1.78. The van der Waals surface area contributed by atoms with Gasteiger partial charge >= 0.3 is 0 Å². The molecule has 1 aliphatic heterocycles. The average Bonchev–Trinajstić information content (AvgIpc) is 2.92. The fraction of sp³-hybridized carbons (Fsp3) is 0.733. The van der Waals surface area contributed by atoms with Crippen molar-refractivity contribution < 1.29 is 0 Å². The summed E-state index contributed by atoms with van der Waals surface area (Å²) in [4.78, 5) is 12.9. The van der Waals surface area contributed by atoms with Gasteiger partial charge in [-0.15, -0.1) is 35.3 Å². The molecule has 0 radical (unpaired) electrons. The van der Waals surface area contributed by atoms with Crippen LogP contribution in [0.1, 0.15) is 43.5 Å². The first-order valence-corrected chi connectivity index (χ1v) is 8.51. The SMILES string of the molecule is CCNC(=NCc1ncc(CC)s1)N1CCC(C)CC1.I. The van der Waals surface area contributed by atoms with Crippen LogP contribution in [-0.4, -0.2) is 35.5 Å². The maximum Gasteiger partial charge on any atom is 0.194 e. The summed E-state index contributed by atoms with van der Waals surface area (Å²) in [6, 6.07) is 0. The minimum absolute atomic E-state index is 0. The van der Waals surface area contributed by atoms with Crippen LogP contribution in [0.5, 0.6) is 0 Å². The van der Waals surface area contributed by atoms with E-state index >= 15 is 0 Å². The minimum Gasteiger partial charge on any atom is -0.357 e. The quantitative estimate of drug-likeness (QED) is 0.459. The normalized spacial score (nSPS) is 16.7. The summed E-state index contributed by atoms with van der Waals surface area (Å²) in [5.74, 6) is 1.90. The highest BCUT2D eigenvalue weighted by molar-refractivity contribution is 14.0. The average molecular weight is 422 g/mol. The number of hydrogen-bond acceptors (Lipinski definition) is 3. The Bertz CT molecular complexity index is 439. The molecule has 1 fully saturated rings. The van der Waals surface area contributed by atoms with Crippen molar-refractivity contribution in [1.29, 1.82) is 0 Å². The number of thiazole rings is 1. The molecular weight excluding hydrogens is 395 g/mol. The van der Waals surface area contributed by atoms with Gasteiger partial charge in [0, 0.05) is 30.7 Å². The minimum atomic E-state index is 0. The second-order valence-electron chi connectivity index (χ2n) is 5.41. The molecule has 0 bridgehead atoms. The molecule has 6 heteroatoms. The standard InChI is InChI=1S/C15H26N4S.HI/c1-4-13-10-17-14(20-13)11-18-15(16-5-2)19-8-6-12(3)7-9-19;/h10,12H,4-9,11H2,1-3H3,(H,16,18);1H. The van der Waals surface area contributed by atoms with Crippen LogP contribution in [0.4, 0.5) is 0 Å². The van der Waals surface area contributed by atoms with Gasteiger partial charge in [0.25, 0.3) is 0 Å². The molecule has 1 N–H and O–H groups in total. The molecule has 1 aromatic heterocycles. The summed E-state index contributed by atoms with van der Waals surface area (Å²) in [7, 11) is 0. The van der Waals surface area contributed by atoms with Crippen LogP contribution in [-0.2, 0) is 13.0 Å². The zero-order valence-corrected chi connectivity index (χ0v) is 16.4. The molecule has 1 aliphatic rings. The van der Waals surface area contributed by atoms with Gasteiger partial charge in [0.1, 0.15) is 5.01 Å². The Morgan fingerprint density at radius 1 is 1.43 bits per heavy atom. The van der Waals surface area contributed by atoms with Gasteiger partial charge in [-0.25, -0.2) is 9.98 Å². The number of rotatable bonds is 4. The van der Waals surface area contributed by atoms with Gasteiger partial charge in [-0.3, -0.25) is 0 Å². The van der Waals surface area contributed by atoms with E-state index in [4.69, 9.17) is 4.99 Å². The van der Waals surface area contributed by atoms with Crippen molar-refractivity contribution in [3.05, 3.63) is 16.1 Å². The molecule has 0 amide bonds. The third kappa shape index (κ3) is 5.73. The lowest BCUT2D eigenvalue weighted by molar-refractivity contribution is 0.273. The van der Waals surface area contributed by atoms with Crippen molar-refractivity contribution in [2.45, 2.75) is 46.6 Å². The predicted octanol–water partition coefficient (Wildman–Crippen LogP) is 3.52. The molecule has 2 heterocycles. The van der Waals surface area contributed by atoms with Gasteiger partial charge in [0.2, 0.25) is 0 Å². The number of piperidine rings is 1. The fourth-order valence-electron chi connectivity index (χ4n) is 2.37. The van der Waals surface area contributed by atoms with E-state index in [1.54, 1.807) is 11.3 Å². The van der Waals surface area contributed by atoms with Gasteiger partial charge in [-0.05, 0) is 32.1 Å². The third-order valence-electron chi connectivity index (χ3n) is 3.73. The van der Waals surface area contributed by atoms with Crippen molar-refractivity contribution in [3.8, 4) is 0 Å². The molecule has 120 valence electrons. The Morgan fingerprint density at radius 2 is 2.14 bits per heavy atom. The molecule has 1 aromatic rings. The first-order valence-electron chi connectivity index (χ1n) is 7.69. The Balaban J connectivity index is 0.00000220. The van der Waals surface area contributed by atoms with Crippen LogP contribution in [0.3, 0.4) is 0 Å². The van der Waals surface area contributed by atoms with Crippen molar-refractivity contribution in [1.82, 2.24) is 15.2 Å². The lowest BCUT2D eigenvalue weighted by atomic mass is 10.00. The van der Waals surface area contributed by atoms with Crippen LogP contribution in [0, 0.1) is 5.92 Å². The highest BCUT2D eigenvalue weighted by Gasteiger charge is 2.18. The number of guanidine groups is 1. The van der Waals surface area contributed by atoms with Crippen molar-refractivity contribution in [2.75, 3.05) is 19.6 Å². The number of hydrogen-bond donors (Lipinski definition) is 1. The first-order chi connectivity index (χ1) is 9.72. The number of nitrogens with one attached hydrogen (secondary N) is 1. The number of aliphatic imine (C=N–C) groups is 1. The summed E-state index contributed by atoms with van der Waals surface area (Å²) in [5, 5.41) is 4.52.